The second kappa shape index (κ2) is 9.87. The van der Waals surface area contributed by atoms with Crippen LogP contribution in [0.25, 0.3) is 11.1 Å². The molecule has 7 heteroatoms. The van der Waals surface area contributed by atoms with Crippen LogP contribution in [0.5, 0.6) is 0 Å². The third-order valence-corrected chi connectivity index (χ3v) is 7.37. The van der Waals surface area contributed by atoms with Crippen LogP contribution in [-0.2, 0) is 14.3 Å². The Hall–Kier alpha value is -3.35. The number of alkyl carbamates (subject to hydrolysis) is 1. The largest absolute Gasteiger partial charge is 0.480 e. The number of carboxylic acid groups (broad SMARTS) is 1. The summed E-state index contributed by atoms with van der Waals surface area (Å²) in [4.78, 5) is 37.3. The fourth-order valence-corrected chi connectivity index (χ4v) is 5.28. The van der Waals surface area contributed by atoms with Gasteiger partial charge in [-0.2, -0.15) is 0 Å². The van der Waals surface area contributed by atoms with Gasteiger partial charge in [0, 0.05) is 12.0 Å². The minimum absolute atomic E-state index is 0.0416. The minimum Gasteiger partial charge on any atom is -0.480 e. The number of hydrogen-bond donors (Lipinski definition) is 3. The number of hydrogen-bond acceptors (Lipinski definition) is 4. The van der Waals surface area contributed by atoms with Crippen molar-refractivity contribution in [3.05, 3.63) is 59.7 Å². The van der Waals surface area contributed by atoms with Crippen LogP contribution in [-0.4, -0.2) is 41.8 Å². The highest BCUT2D eigenvalue weighted by Gasteiger charge is 2.45. The molecule has 0 aliphatic heterocycles. The predicted octanol–water partition coefficient (Wildman–Crippen LogP) is 4.45. The lowest BCUT2D eigenvalue weighted by Crippen LogP contribution is -2.57. The van der Waals surface area contributed by atoms with E-state index in [-0.39, 0.29) is 18.4 Å². The molecule has 0 spiro atoms. The molecular weight excluding hydrogens is 432 g/mol. The van der Waals surface area contributed by atoms with Crippen molar-refractivity contribution in [1.29, 1.82) is 0 Å². The number of aliphatic carboxylic acids is 1. The Balaban J connectivity index is 1.43. The van der Waals surface area contributed by atoms with E-state index < -0.39 is 29.6 Å². The first-order valence-corrected chi connectivity index (χ1v) is 12.0. The lowest BCUT2D eigenvalue weighted by Gasteiger charge is -2.40. The topological polar surface area (TPSA) is 105 Å². The zero-order chi connectivity index (χ0) is 24.3. The third kappa shape index (κ3) is 4.52. The molecule has 0 radical (unpaired) electrons. The Morgan fingerprint density at radius 1 is 1.06 bits per heavy atom. The SMILES string of the molecule is CCC(NC(=O)C1(C)CCCCC1NC(=O)OCC1c2ccccc2-c2ccccc21)C(=O)O. The number of benzene rings is 2. The molecule has 1 saturated carbocycles. The average Bonchev–Trinajstić information content (AvgIpc) is 3.16. The van der Waals surface area contributed by atoms with Crippen LogP contribution in [0.3, 0.4) is 0 Å². The zero-order valence-corrected chi connectivity index (χ0v) is 19.7. The van der Waals surface area contributed by atoms with Crippen LogP contribution in [0, 0.1) is 5.41 Å². The molecule has 7 nitrogen and oxygen atoms in total. The van der Waals surface area contributed by atoms with Crippen LogP contribution < -0.4 is 10.6 Å². The molecule has 0 saturated heterocycles. The van der Waals surface area contributed by atoms with Gasteiger partial charge in [-0.15, -0.1) is 0 Å². The van der Waals surface area contributed by atoms with Crippen molar-refractivity contribution < 1.29 is 24.2 Å². The highest BCUT2D eigenvalue weighted by atomic mass is 16.5. The normalized spacial score (nSPS) is 22.2. The predicted molar refractivity (Wildman–Crippen MR) is 128 cm³/mol. The van der Waals surface area contributed by atoms with Gasteiger partial charge in [0.25, 0.3) is 0 Å². The van der Waals surface area contributed by atoms with Gasteiger partial charge >= 0.3 is 12.1 Å². The zero-order valence-electron chi connectivity index (χ0n) is 19.7. The van der Waals surface area contributed by atoms with E-state index in [4.69, 9.17) is 4.74 Å². The maximum Gasteiger partial charge on any atom is 0.407 e. The van der Waals surface area contributed by atoms with Crippen LogP contribution >= 0.6 is 0 Å². The van der Waals surface area contributed by atoms with E-state index in [1.807, 2.05) is 24.3 Å². The molecule has 3 unspecified atom stereocenters. The van der Waals surface area contributed by atoms with Gasteiger partial charge < -0.3 is 20.5 Å². The van der Waals surface area contributed by atoms with Gasteiger partial charge in [0.05, 0.1) is 5.41 Å². The Morgan fingerprint density at radius 3 is 2.26 bits per heavy atom. The van der Waals surface area contributed by atoms with Crippen LogP contribution in [0.2, 0.25) is 0 Å². The summed E-state index contributed by atoms with van der Waals surface area (Å²) in [5.74, 6) is -1.44. The summed E-state index contributed by atoms with van der Waals surface area (Å²) in [6.45, 7) is 3.71. The molecule has 2 amide bonds. The van der Waals surface area contributed by atoms with E-state index in [1.54, 1.807) is 13.8 Å². The van der Waals surface area contributed by atoms with Gasteiger partial charge in [-0.1, -0.05) is 68.3 Å². The van der Waals surface area contributed by atoms with Crippen molar-refractivity contribution in [2.45, 2.75) is 64.0 Å². The van der Waals surface area contributed by atoms with Crippen molar-refractivity contribution in [2.24, 2.45) is 5.41 Å². The maximum atomic E-state index is 13.1. The molecule has 1 fully saturated rings. The Labute approximate surface area is 199 Å². The van der Waals surface area contributed by atoms with Gasteiger partial charge in [-0.05, 0) is 48.4 Å². The van der Waals surface area contributed by atoms with Crippen molar-refractivity contribution in [2.75, 3.05) is 6.61 Å². The molecular formula is C27H32N2O5. The number of carbonyl (C=O) groups excluding carboxylic acids is 2. The smallest absolute Gasteiger partial charge is 0.407 e. The molecule has 2 aliphatic rings. The van der Waals surface area contributed by atoms with Crippen LogP contribution in [0.1, 0.15) is 63.0 Å². The number of amides is 2. The second-order valence-electron chi connectivity index (χ2n) is 9.46. The molecule has 2 aliphatic carbocycles. The van der Waals surface area contributed by atoms with E-state index in [0.29, 0.717) is 19.3 Å². The minimum atomic E-state index is -1.06. The molecule has 2 aromatic rings. The fourth-order valence-electron chi connectivity index (χ4n) is 5.28. The van der Waals surface area contributed by atoms with Gasteiger partial charge in [0.2, 0.25) is 5.91 Å². The summed E-state index contributed by atoms with van der Waals surface area (Å²) in [7, 11) is 0. The van der Waals surface area contributed by atoms with Crippen molar-refractivity contribution in [3.63, 3.8) is 0 Å². The summed E-state index contributed by atoms with van der Waals surface area (Å²) < 4.78 is 5.68. The number of fused-ring (bicyclic) bond motifs is 3. The lowest BCUT2D eigenvalue weighted by molar-refractivity contribution is -0.144. The van der Waals surface area contributed by atoms with E-state index in [2.05, 4.69) is 34.9 Å². The molecule has 4 rings (SSSR count). The van der Waals surface area contributed by atoms with Crippen molar-refractivity contribution in [3.8, 4) is 11.1 Å². The summed E-state index contributed by atoms with van der Waals surface area (Å²) in [5, 5.41) is 14.9. The monoisotopic (exact) mass is 464 g/mol. The lowest BCUT2D eigenvalue weighted by atomic mass is 9.71. The molecule has 0 bridgehead atoms. The standard InChI is InChI=1S/C27H32N2O5/c1-3-22(24(30)31)28-25(32)27(2)15-9-8-14-23(27)29-26(33)34-16-21-19-12-6-4-10-17(19)18-11-5-7-13-20(18)21/h4-7,10-13,21-23H,3,8-9,14-16H2,1-2H3,(H,28,32)(H,29,33)(H,30,31). The van der Waals surface area contributed by atoms with Gasteiger partial charge in [0.1, 0.15) is 12.6 Å². The first-order chi connectivity index (χ1) is 16.3. The van der Waals surface area contributed by atoms with Gasteiger partial charge in [0.15, 0.2) is 0 Å². The molecule has 3 atom stereocenters. The first-order valence-electron chi connectivity index (χ1n) is 12.0. The highest BCUT2D eigenvalue weighted by molar-refractivity contribution is 5.88. The Morgan fingerprint density at radius 2 is 1.68 bits per heavy atom. The van der Waals surface area contributed by atoms with E-state index in [0.717, 1.165) is 35.1 Å². The number of carbonyl (C=O) groups is 3. The summed E-state index contributed by atoms with van der Waals surface area (Å²) >= 11 is 0. The van der Waals surface area contributed by atoms with E-state index in [9.17, 15) is 19.5 Å². The van der Waals surface area contributed by atoms with Gasteiger partial charge in [-0.25, -0.2) is 9.59 Å². The molecule has 34 heavy (non-hydrogen) atoms. The summed E-state index contributed by atoms with van der Waals surface area (Å²) in [6, 6.07) is 14.9. The Kier molecular flexibility index (Phi) is 6.91. The maximum absolute atomic E-state index is 13.1. The highest BCUT2D eigenvalue weighted by Crippen LogP contribution is 2.44. The van der Waals surface area contributed by atoms with E-state index in [1.165, 1.54) is 0 Å². The van der Waals surface area contributed by atoms with E-state index >= 15 is 0 Å². The van der Waals surface area contributed by atoms with Crippen LogP contribution in [0.15, 0.2) is 48.5 Å². The Bertz CT molecular complexity index is 1040. The number of rotatable bonds is 7. The number of carboxylic acids is 1. The molecule has 2 aromatic carbocycles. The van der Waals surface area contributed by atoms with Gasteiger partial charge in [-0.3, -0.25) is 4.79 Å². The average molecular weight is 465 g/mol. The molecule has 180 valence electrons. The second-order valence-corrected chi connectivity index (χ2v) is 9.46. The molecule has 0 heterocycles. The molecule has 3 N–H and O–H groups in total. The fraction of sp³-hybridized carbons (Fsp3) is 0.444. The molecule has 0 aromatic heterocycles. The third-order valence-electron chi connectivity index (χ3n) is 7.37. The summed E-state index contributed by atoms with van der Waals surface area (Å²) in [5.41, 5.74) is 3.70. The quantitative estimate of drug-likeness (QED) is 0.561. The van der Waals surface area contributed by atoms with Crippen molar-refractivity contribution in [1.82, 2.24) is 10.6 Å². The number of ether oxygens (including phenoxy) is 1. The van der Waals surface area contributed by atoms with Crippen molar-refractivity contribution >= 4 is 18.0 Å². The number of nitrogens with one attached hydrogen (secondary N) is 2. The first kappa shape index (κ1) is 23.8. The van der Waals surface area contributed by atoms with Crippen LogP contribution in [0.4, 0.5) is 4.79 Å². The summed E-state index contributed by atoms with van der Waals surface area (Å²) in [6.07, 6.45) is 2.67.